The summed E-state index contributed by atoms with van der Waals surface area (Å²) in [5, 5.41) is 10.6. The van der Waals surface area contributed by atoms with Crippen LogP contribution in [0.5, 0.6) is 11.5 Å². The molecule has 3 N–H and O–H groups in total. The van der Waals surface area contributed by atoms with Gasteiger partial charge in [-0.1, -0.05) is 12.1 Å². The Hall–Kier alpha value is -2.31. The first-order valence-electron chi connectivity index (χ1n) is 6.70. The number of phenols is 1. The van der Waals surface area contributed by atoms with Crippen molar-refractivity contribution in [2.75, 3.05) is 6.61 Å². The fourth-order valence-corrected chi connectivity index (χ4v) is 3.81. The van der Waals surface area contributed by atoms with Crippen LogP contribution in [0.1, 0.15) is 11.1 Å². The van der Waals surface area contributed by atoms with Crippen molar-refractivity contribution in [1.82, 2.24) is 0 Å². The number of phenolic OH excluding ortho intramolecular Hbond substituents is 1. The van der Waals surface area contributed by atoms with Gasteiger partial charge in [0.2, 0.25) is 9.84 Å². The molecular weight excluding hydrogens is 302 g/mol. The third kappa shape index (κ3) is 2.70. The van der Waals surface area contributed by atoms with Crippen LogP contribution in [0.3, 0.4) is 0 Å². The molecule has 1 heterocycles. The highest BCUT2D eigenvalue weighted by atomic mass is 32.2. The van der Waals surface area contributed by atoms with Gasteiger partial charge >= 0.3 is 0 Å². The Morgan fingerprint density at radius 2 is 1.95 bits per heavy atom. The quantitative estimate of drug-likeness (QED) is 0.901. The van der Waals surface area contributed by atoms with E-state index in [-0.39, 0.29) is 17.3 Å². The van der Waals surface area contributed by atoms with Crippen LogP contribution in [0.25, 0.3) is 5.57 Å². The van der Waals surface area contributed by atoms with Crippen LogP contribution in [0.2, 0.25) is 0 Å². The topological polar surface area (TPSA) is 89.6 Å². The maximum Gasteiger partial charge on any atom is 0.200 e. The van der Waals surface area contributed by atoms with Gasteiger partial charge in [0, 0.05) is 29.2 Å². The van der Waals surface area contributed by atoms with Crippen LogP contribution in [-0.2, 0) is 16.4 Å². The van der Waals surface area contributed by atoms with E-state index in [0.717, 1.165) is 5.56 Å². The normalized spacial score (nSPS) is 15.2. The molecule has 0 spiro atoms. The van der Waals surface area contributed by atoms with Gasteiger partial charge in [-0.15, -0.1) is 0 Å². The molecule has 0 aromatic heterocycles. The Balaban J connectivity index is 1.89. The van der Waals surface area contributed by atoms with Crippen LogP contribution in [-0.4, -0.2) is 20.1 Å². The minimum atomic E-state index is -3.42. The molecule has 0 unspecified atom stereocenters. The fourth-order valence-electron chi connectivity index (χ4n) is 2.36. The van der Waals surface area contributed by atoms with Crippen molar-refractivity contribution in [2.24, 2.45) is 5.73 Å². The summed E-state index contributed by atoms with van der Waals surface area (Å²) in [6.45, 7) is 0.442. The average Bonchev–Trinajstić information content (AvgIpc) is 2.76. The second kappa shape index (κ2) is 5.47. The first kappa shape index (κ1) is 14.6. The fraction of sp³-hybridized carbons (Fsp3) is 0.125. The van der Waals surface area contributed by atoms with Crippen molar-refractivity contribution in [3.8, 4) is 11.5 Å². The molecule has 22 heavy (non-hydrogen) atoms. The monoisotopic (exact) mass is 317 g/mol. The number of aromatic hydroxyl groups is 1. The van der Waals surface area contributed by atoms with Crippen LogP contribution in [0.15, 0.2) is 52.8 Å². The van der Waals surface area contributed by atoms with E-state index in [0.29, 0.717) is 23.4 Å². The maximum absolute atomic E-state index is 12.1. The molecule has 1 aliphatic rings. The number of hydrogen-bond acceptors (Lipinski definition) is 5. The Morgan fingerprint density at radius 3 is 2.68 bits per heavy atom. The number of hydrogen-bond donors (Lipinski definition) is 2. The molecule has 3 rings (SSSR count). The molecular formula is C16H15NO4S. The molecule has 5 nitrogen and oxygen atoms in total. The smallest absolute Gasteiger partial charge is 0.200 e. The van der Waals surface area contributed by atoms with Gasteiger partial charge in [-0.05, 0) is 29.8 Å². The number of fused-ring (bicyclic) bond motifs is 1. The molecule has 0 bridgehead atoms. The van der Waals surface area contributed by atoms with E-state index in [1.165, 1.54) is 17.5 Å². The average molecular weight is 317 g/mol. The molecule has 0 radical (unpaired) electrons. The molecule has 0 fully saturated rings. The van der Waals surface area contributed by atoms with Crippen molar-refractivity contribution >= 4 is 15.4 Å². The molecule has 114 valence electrons. The zero-order valence-electron chi connectivity index (χ0n) is 11.7. The van der Waals surface area contributed by atoms with Crippen molar-refractivity contribution in [1.29, 1.82) is 0 Å². The van der Waals surface area contributed by atoms with E-state index < -0.39 is 9.84 Å². The third-order valence-corrected chi connectivity index (χ3v) is 5.01. The van der Waals surface area contributed by atoms with E-state index in [1.54, 1.807) is 30.3 Å². The van der Waals surface area contributed by atoms with Gasteiger partial charge in [-0.2, -0.15) is 0 Å². The maximum atomic E-state index is 12.1. The summed E-state index contributed by atoms with van der Waals surface area (Å²) >= 11 is 0. The highest BCUT2D eigenvalue weighted by Gasteiger charge is 2.27. The standard InChI is InChI=1S/C16H15NO4S/c17-8-11-4-5-16-15(6-11)12(10-22(16,19)20)9-21-14-3-1-2-13(18)7-14/h1-7,10,18H,8-9,17H2. The van der Waals surface area contributed by atoms with E-state index in [4.69, 9.17) is 10.5 Å². The van der Waals surface area contributed by atoms with Crippen LogP contribution in [0.4, 0.5) is 0 Å². The van der Waals surface area contributed by atoms with Gasteiger partial charge in [0.15, 0.2) is 0 Å². The van der Waals surface area contributed by atoms with Crippen LogP contribution in [0, 0.1) is 0 Å². The number of rotatable bonds is 4. The van der Waals surface area contributed by atoms with Crippen molar-refractivity contribution in [2.45, 2.75) is 11.4 Å². The van der Waals surface area contributed by atoms with Crippen molar-refractivity contribution in [3.63, 3.8) is 0 Å². The molecule has 6 heteroatoms. The van der Waals surface area contributed by atoms with Crippen molar-refractivity contribution < 1.29 is 18.3 Å². The summed E-state index contributed by atoms with van der Waals surface area (Å²) < 4.78 is 29.8. The predicted octanol–water partition coefficient (Wildman–Crippen LogP) is 2.06. The molecule has 1 aliphatic heterocycles. The summed E-state index contributed by atoms with van der Waals surface area (Å²) in [6.07, 6.45) is 0. The predicted molar refractivity (Wildman–Crippen MR) is 83.1 cm³/mol. The number of nitrogens with two attached hydrogens (primary N) is 1. The Morgan fingerprint density at radius 1 is 1.14 bits per heavy atom. The zero-order chi connectivity index (χ0) is 15.7. The first-order chi connectivity index (χ1) is 10.5. The number of ether oxygens (including phenoxy) is 1. The van der Waals surface area contributed by atoms with Gasteiger partial charge in [0.25, 0.3) is 0 Å². The van der Waals surface area contributed by atoms with E-state index in [1.807, 2.05) is 0 Å². The van der Waals surface area contributed by atoms with Gasteiger partial charge in [0.1, 0.15) is 18.1 Å². The lowest BCUT2D eigenvalue weighted by molar-refractivity contribution is 0.366. The van der Waals surface area contributed by atoms with Crippen molar-refractivity contribution in [3.05, 3.63) is 59.0 Å². The molecule has 0 atom stereocenters. The van der Waals surface area contributed by atoms with Gasteiger partial charge in [-0.3, -0.25) is 0 Å². The lowest BCUT2D eigenvalue weighted by atomic mass is 10.1. The summed E-state index contributed by atoms with van der Waals surface area (Å²) in [5.41, 5.74) is 7.68. The summed E-state index contributed by atoms with van der Waals surface area (Å²) in [6, 6.07) is 11.4. The lowest BCUT2D eigenvalue weighted by Crippen LogP contribution is -2.02. The summed E-state index contributed by atoms with van der Waals surface area (Å²) in [5.74, 6) is 0.568. The summed E-state index contributed by atoms with van der Waals surface area (Å²) in [4.78, 5) is 0.277. The minimum absolute atomic E-state index is 0.0938. The number of sulfone groups is 1. The second-order valence-corrected chi connectivity index (χ2v) is 6.77. The van der Waals surface area contributed by atoms with E-state index >= 15 is 0 Å². The van der Waals surface area contributed by atoms with Gasteiger partial charge < -0.3 is 15.6 Å². The zero-order valence-corrected chi connectivity index (χ0v) is 12.5. The lowest BCUT2D eigenvalue weighted by Gasteiger charge is -2.09. The summed E-state index contributed by atoms with van der Waals surface area (Å²) in [7, 11) is -3.42. The van der Waals surface area contributed by atoms with Gasteiger partial charge in [-0.25, -0.2) is 8.42 Å². The Bertz CT molecular complexity index is 856. The molecule has 2 aromatic carbocycles. The van der Waals surface area contributed by atoms with E-state index in [2.05, 4.69) is 0 Å². The SMILES string of the molecule is NCc1ccc2c(c1)C(COc1cccc(O)c1)=CS2(=O)=O. The number of benzene rings is 2. The molecule has 0 saturated carbocycles. The first-order valence-corrected chi connectivity index (χ1v) is 8.25. The molecule has 2 aromatic rings. The minimum Gasteiger partial charge on any atom is -0.508 e. The van der Waals surface area contributed by atoms with Gasteiger partial charge in [0.05, 0.1) is 4.90 Å². The molecule has 0 amide bonds. The highest BCUT2D eigenvalue weighted by Crippen LogP contribution is 2.34. The highest BCUT2D eigenvalue weighted by molar-refractivity contribution is 7.95. The Labute approximate surface area is 128 Å². The van der Waals surface area contributed by atoms with E-state index in [9.17, 15) is 13.5 Å². The second-order valence-electron chi connectivity index (χ2n) is 5.01. The third-order valence-electron chi connectivity index (χ3n) is 3.44. The van der Waals surface area contributed by atoms with Crippen LogP contribution < -0.4 is 10.5 Å². The molecule has 0 aliphatic carbocycles. The largest absolute Gasteiger partial charge is 0.508 e. The Kier molecular flexibility index (Phi) is 3.64. The molecule has 0 saturated heterocycles. The van der Waals surface area contributed by atoms with Crippen LogP contribution >= 0.6 is 0 Å².